The largest absolute Gasteiger partial charge is 0.426 e. The highest BCUT2D eigenvalue weighted by atomic mass is 79.9. The van der Waals surface area contributed by atoms with Crippen molar-refractivity contribution in [2.24, 2.45) is 5.92 Å². The molecule has 1 atom stereocenters. The summed E-state index contributed by atoms with van der Waals surface area (Å²) in [4.78, 5) is 26.4. The van der Waals surface area contributed by atoms with Crippen molar-refractivity contribution in [2.75, 3.05) is 11.4 Å². The number of para-hydroxylation sites is 1. The third kappa shape index (κ3) is 3.51. The Balaban J connectivity index is 1.72. The van der Waals surface area contributed by atoms with Gasteiger partial charge in [0.2, 0.25) is 5.91 Å². The lowest BCUT2D eigenvalue weighted by molar-refractivity contribution is -0.139. The Morgan fingerprint density at radius 3 is 2.62 bits per heavy atom. The molecular formula is C19H18BrNO3. The lowest BCUT2D eigenvalue weighted by atomic mass is 10.1. The fourth-order valence-electron chi connectivity index (χ4n) is 2.87. The highest BCUT2D eigenvalue weighted by Crippen LogP contribution is 2.29. The molecule has 0 N–H and O–H groups in total. The van der Waals surface area contributed by atoms with Crippen LogP contribution in [0.3, 0.4) is 0 Å². The molecule has 0 saturated carbocycles. The van der Waals surface area contributed by atoms with E-state index in [2.05, 4.69) is 22.9 Å². The molecule has 5 heteroatoms. The minimum absolute atomic E-state index is 0.0337. The first-order valence-electron chi connectivity index (χ1n) is 7.94. The Bertz CT molecular complexity index is 757. The smallest absolute Gasteiger partial charge is 0.316 e. The summed E-state index contributed by atoms with van der Waals surface area (Å²) in [6.45, 7) is 2.42. The zero-order chi connectivity index (χ0) is 17.1. The van der Waals surface area contributed by atoms with Gasteiger partial charge in [-0.2, -0.15) is 0 Å². The molecule has 0 unspecified atom stereocenters. The van der Waals surface area contributed by atoms with Gasteiger partial charge in [-0.05, 0) is 42.3 Å². The number of hydrogen-bond acceptors (Lipinski definition) is 3. The SMILES string of the molecule is CCc1ccccc1N1C[C@H](C(=O)Oc2ccc(Br)cc2)CC1=O. The van der Waals surface area contributed by atoms with Gasteiger partial charge in [0.15, 0.2) is 0 Å². The molecule has 124 valence electrons. The number of esters is 1. The Hall–Kier alpha value is -2.14. The summed E-state index contributed by atoms with van der Waals surface area (Å²) in [6, 6.07) is 14.9. The zero-order valence-corrected chi connectivity index (χ0v) is 15.0. The van der Waals surface area contributed by atoms with Crippen molar-refractivity contribution in [3.05, 3.63) is 58.6 Å². The minimum atomic E-state index is -0.439. The Labute approximate surface area is 149 Å². The van der Waals surface area contributed by atoms with Gasteiger partial charge in [0, 0.05) is 23.1 Å². The van der Waals surface area contributed by atoms with Crippen LogP contribution in [0, 0.1) is 5.92 Å². The second-order valence-electron chi connectivity index (χ2n) is 5.76. The second-order valence-corrected chi connectivity index (χ2v) is 6.68. The molecule has 1 fully saturated rings. The molecule has 2 aromatic carbocycles. The Kier molecular flexibility index (Phi) is 5.00. The number of carbonyl (C=O) groups is 2. The zero-order valence-electron chi connectivity index (χ0n) is 13.4. The van der Waals surface area contributed by atoms with Crippen molar-refractivity contribution in [3.8, 4) is 5.75 Å². The van der Waals surface area contributed by atoms with E-state index < -0.39 is 5.92 Å². The van der Waals surface area contributed by atoms with Crippen LogP contribution in [0.2, 0.25) is 0 Å². The predicted octanol–water partition coefficient (Wildman–Crippen LogP) is 3.97. The van der Waals surface area contributed by atoms with Crippen LogP contribution in [-0.4, -0.2) is 18.4 Å². The maximum atomic E-state index is 12.4. The first-order chi connectivity index (χ1) is 11.6. The molecule has 1 saturated heterocycles. The predicted molar refractivity (Wildman–Crippen MR) is 96.1 cm³/mol. The van der Waals surface area contributed by atoms with Crippen LogP contribution in [0.15, 0.2) is 53.0 Å². The van der Waals surface area contributed by atoms with Crippen molar-refractivity contribution >= 4 is 33.5 Å². The summed E-state index contributed by atoms with van der Waals surface area (Å²) in [5.41, 5.74) is 2.00. The molecule has 0 aromatic heterocycles. The molecule has 1 amide bonds. The number of rotatable bonds is 4. The van der Waals surface area contributed by atoms with Crippen molar-refractivity contribution in [1.82, 2.24) is 0 Å². The van der Waals surface area contributed by atoms with Gasteiger partial charge in [-0.25, -0.2) is 0 Å². The average molecular weight is 388 g/mol. The molecule has 0 bridgehead atoms. The van der Waals surface area contributed by atoms with Crippen molar-refractivity contribution in [3.63, 3.8) is 0 Å². The van der Waals surface area contributed by atoms with Crippen LogP contribution >= 0.6 is 15.9 Å². The number of benzene rings is 2. The van der Waals surface area contributed by atoms with E-state index in [4.69, 9.17) is 4.74 Å². The Morgan fingerprint density at radius 1 is 1.21 bits per heavy atom. The van der Waals surface area contributed by atoms with Crippen molar-refractivity contribution in [2.45, 2.75) is 19.8 Å². The van der Waals surface area contributed by atoms with E-state index in [1.54, 1.807) is 17.0 Å². The topological polar surface area (TPSA) is 46.6 Å². The fourth-order valence-corrected chi connectivity index (χ4v) is 3.14. The van der Waals surface area contributed by atoms with E-state index >= 15 is 0 Å². The third-order valence-corrected chi connectivity index (χ3v) is 4.68. The van der Waals surface area contributed by atoms with E-state index in [-0.39, 0.29) is 18.3 Å². The lowest BCUT2D eigenvalue weighted by Crippen LogP contribution is -2.28. The molecule has 24 heavy (non-hydrogen) atoms. The Morgan fingerprint density at radius 2 is 1.92 bits per heavy atom. The monoisotopic (exact) mass is 387 g/mol. The number of ether oxygens (including phenoxy) is 1. The van der Waals surface area contributed by atoms with Gasteiger partial charge >= 0.3 is 5.97 Å². The van der Waals surface area contributed by atoms with Gasteiger partial charge in [-0.1, -0.05) is 41.1 Å². The van der Waals surface area contributed by atoms with E-state index in [0.29, 0.717) is 12.3 Å². The quantitative estimate of drug-likeness (QED) is 0.588. The number of aryl methyl sites for hydroxylation is 1. The summed E-state index contributed by atoms with van der Waals surface area (Å²) < 4.78 is 6.32. The highest BCUT2D eigenvalue weighted by molar-refractivity contribution is 9.10. The van der Waals surface area contributed by atoms with Gasteiger partial charge in [0.1, 0.15) is 5.75 Å². The van der Waals surface area contributed by atoms with Crippen LogP contribution in [0.1, 0.15) is 18.9 Å². The number of nitrogens with zero attached hydrogens (tertiary/aromatic N) is 1. The second kappa shape index (κ2) is 7.18. The highest BCUT2D eigenvalue weighted by Gasteiger charge is 2.37. The molecule has 1 heterocycles. The molecule has 2 aromatic rings. The van der Waals surface area contributed by atoms with E-state index in [1.165, 1.54) is 0 Å². The van der Waals surface area contributed by atoms with Crippen LogP contribution < -0.4 is 9.64 Å². The fraction of sp³-hybridized carbons (Fsp3) is 0.263. The molecule has 3 rings (SSSR count). The van der Waals surface area contributed by atoms with Gasteiger partial charge in [0.25, 0.3) is 0 Å². The van der Waals surface area contributed by atoms with Crippen LogP contribution in [-0.2, 0) is 16.0 Å². The molecule has 0 spiro atoms. The number of anilines is 1. The van der Waals surface area contributed by atoms with E-state index in [0.717, 1.165) is 22.1 Å². The molecule has 1 aliphatic heterocycles. The van der Waals surface area contributed by atoms with Gasteiger partial charge < -0.3 is 9.64 Å². The van der Waals surface area contributed by atoms with Crippen LogP contribution in [0.4, 0.5) is 5.69 Å². The number of carbonyl (C=O) groups excluding carboxylic acids is 2. The molecule has 1 aliphatic rings. The number of amides is 1. The summed E-state index contributed by atoms with van der Waals surface area (Å²) in [5, 5.41) is 0. The molecule has 0 aliphatic carbocycles. The van der Waals surface area contributed by atoms with Gasteiger partial charge in [0.05, 0.1) is 5.92 Å². The van der Waals surface area contributed by atoms with Crippen LogP contribution in [0.25, 0.3) is 0 Å². The maximum absolute atomic E-state index is 12.4. The lowest BCUT2D eigenvalue weighted by Gasteiger charge is -2.19. The normalized spacial score (nSPS) is 17.2. The third-order valence-electron chi connectivity index (χ3n) is 4.15. The summed E-state index contributed by atoms with van der Waals surface area (Å²) >= 11 is 3.34. The average Bonchev–Trinajstić information content (AvgIpc) is 2.98. The summed E-state index contributed by atoms with van der Waals surface area (Å²) in [7, 11) is 0. The van der Waals surface area contributed by atoms with Crippen molar-refractivity contribution < 1.29 is 14.3 Å². The number of halogens is 1. The van der Waals surface area contributed by atoms with Gasteiger partial charge in [-0.3, -0.25) is 9.59 Å². The summed E-state index contributed by atoms with van der Waals surface area (Å²) in [6.07, 6.45) is 1.03. The van der Waals surface area contributed by atoms with E-state index in [1.807, 2.05) is 36.4 Å². The van der Waals surface area contributed by atoms with Crippen molar-refractivity contribution in [1.29, 1.82) is 0 Å². The minimum Gasteiger partial charge on any atom is -0.426 e. The first kappa shape index (κ1) is 16.7. The first-order valence-corrected chi connectivity index (χ1v) is 8.73. The molecular weight excluding hydrogens is 370 g/mol. The molecule has 0 radical (unpaired) electrons. The standard InChI is InChI=1S/C19H18BrNO3/c1-2-13-5-3-4-6-17(13)21-12-14(11-18(21)22)19(23)24-16-9-7-15(20)8-10-16/h3-10,14H,2,11-12H2,1H3/t14-/m1/s1. The van der Waals surface area contributed by atoms with Gasteiger partial charge in [-0.15, -0.1) is 0 Å². The maximum Gasteiger partial charge on any atom is 0.316 e. The van der Waals surface area contributed by atoms with Crippen LogP contribution in [0.5, 0.6) is 5.75 Å². The van der Waals surface area contributed by atoms with E-state index in [9.17, 15) is 9.59 Å². The number of hydrogen-bond donors (Lipinski definition) is 0. The molecule has 4 nitrogen and oxygen atoms in total. The summed E-state index contributed by atoms with van der Waals surface area (Å²) in [5.74, 6) is -0.343.